The van der Waals surface area contributed by atoms with Gasteiger partial charge in [0.2, 0.25) is 0 Å². The Morgan fingerprint density at radius 1 is 0.750 bits per heavy atom. The van der Waals surface area contributed by atoms with Gasteiger partial charge in [0, 0.05) is 12.3 Å². The molecule has 1 N–H and O–H groups in total. The van der Waals surface area contributed by atoms with Crippen molar-refractivity contribution in [1.29, 1.82) is 0 Å². The van der Waals surface area contributed by atoms with E-state index in [0.29, 0.717) is 38.7 Å². The third-order valence-corrected chi connectivity index (χ3v) is 7.98. The van der Waals surface area contributed by atoms with Gasteiger partial charge in [-0.15, -0.1) is 0 Å². The van der Waals surface area contributed by atoms with Crippen LogP contribution in [0.15, 0.2) is 0 Å². The highest BCUT2D eigenvalue weighted by Gasteiger charge is 2.27. The van der Waals surface area contributed by atoms with Crippen LogP contribution in [-0.4, -0.2) is 38.7 Å². The van der Waals surface area contributed by atoms with E-state index in [0.717, 1.165) is 37.1 Å². The second-order valence-electron chi connectivity index (χ2n) is 5.02. The summed E-state index contributed by atoms with van der Waals surface area (Å²) >= 11 is 1.11. The minimum Gasteiger partial charge on any atom is -0.301 e. The van der Waals surface area contributed by atoms with Crippen LogP contribution >= 0.6 is 25.9 Å². The molecule has 0 saturated heterocycles. The van der Waals surface area contributed by atoms with Crippen LogP contribution in [0, 0.1) is 0 Å². The zero-order chi connectivity index (χ0) is 18.3. The fraction of sp³-hybridized carbons (Fsp3) is 1.00. The molecule has 0 rings (SSSR count). The molecule has 0 aliphatic rings. The number of hydrogen-bond acceptors (Lipinski definition) is 7. The number of nitrogens with one attached hydrogen (secondary N) is 1. The molecule has 0 aromatic rings. The van der Waals surface area contributed by atoms with Crippen LogP contribution < -0.4 is 5.09 Å². The molecule has 0 radical (unpaired) electrons. The first-order valence-electron chi connectivity index (χ1n) is 8.63. The summed E-state index contributed by atoms with van der Waals surface area (Å²) in [4.78, 5) is 0. The molecule has 0 aromatic carbocycles. The highest BCUT2D eigenvalue weighted by atomic mass is 32.7. The molecule has 24 heavy (non-hydrogen) atoms. The second kappa shape index (κ2) is 14.7. The van der Waals surface area contributed by atoms with Crippen molar-refractivity contribution >= 4 is 25.9 Å². The average molecular weight is 405 g/mol. The summed E-state index contributed by atoms with van der Waals surface area (Å²) < 4.78 is 46.5. The van der Waals surface area contributed by atoms with Crippen LogP contribution in [0.3, 0.4) is 0 Å². The Balaban J connectivity index is 4.39. The first kappa shape index (κ1) is 24.6. The van der Waals surface area contributed by atoms with Gasteiger partial charge in [0.05, 0.1) is 26.4 Å². The fourth-order valence-electron chi connectivity index (χ4n) is 1.41. The van der Waals surface area contributed by atoms with Crippen molar-refractivity contribution in [3.05, 3.63) is 0 Å². The van der Waals surface area contributed by atoms with Gasteiger partial charge in [-0.25, -0.2) is 14.2 Å². The molecule has 0 spiro atoms. The average Bonchev–Trinajstić information content (AvgIpc) is 2.59. The highest BCUT2D eigenvalue weighted by Crippen LogP contribution is 2.60. The molecule has 0 saturated carbocycles. The lowest BCUT2D eigenvalue weighted by molar-refractivity contribution is 0.196. The molecule has 0 aliphatic carbocycles. The molecule has 0 bridgehead atoms. The van der Waals surface area contributed by atoms with Gasteiger partial charge in [-0.1, -0.05) is 27.7 Å². The van der Waals surface area contributed by atoms with Crippen LogP contribution in [0.1, 0.15) is 53.4 Å². The molecule has 10 heteroatoms. The smallest absolute Gasteiger partial charge is 0.301 e. The molecule has 0 aromatic heterocycles. The predicted octanol–water partition coefficient (Wildman–Crippen LogP) is 5.23. The first-order valence-corrected chi connectivity index (χ1v) is 13.3. The fourth-order valence-corrected chi connectivity index (χ4v) is 6.34. The Morgan fingerprint density at radius 2 is 1.17 bits per heavy atom. The zero-order valence-corrected chi connectivity index (χ0v) is 17.9. The Kier molecular flexibility index (Phi) is 15.1. The van der Waals surface area contributed by atoms with Gasteiger partial charge < -0.3 is 9.05 Å². The molecule has 146 valence electrons. The highest BCUT2D eigenvalue weighted by molar-refractivity contribution is 8.55. The van der Waals surface area contributed by atoms with Crippen molar-refractivity contribution in [1.82, 2.24) is 5.09 Å². The minimum absolute atomic E-state index is 0.324. The zero-order valence-electron chi connectivity index (χ0n) is 15.3. The quantitative estimate of drug-likeness (QED) is 0.260. The summed E-state index contributed by atoms with van der Waals surface area (Å²) in [6.45, 7) is 6.42. The first-order chi connectivity index (χ1) is 11.4. The van der Waals surface area contributed by atoms with Gasteiger partial charge in [-0.05, 0) is 37.1 Å². The summed E-state index contributed by atoms with van der Waals surface area (Å²) in [6, 6.07) is 0. The second-order valence-corrected chi connectivity index (χ2v) is 11.0. The largest absolute Gasteiger partial charge is 0.405 e. The molecule has 0 atom stereocenters. The lowest BCUT2D eigenvalue weighted by atomic mass is 10.5. The maximum Gasteiger partial charge on any atom is 0.405 e. The van der Waals surface area contributed by atoms with Crippen LogP contribution in [0.2, 0.25) is 0 Å². The Bertz CT molecular complexity index is 339. The van der Waals surface area contributed by atoms with E-state index in [1.165, 1.54) is 0 Å². The van der Waals surface area contributed by atoms with E-state index in [-0.39, 0.29) is 0 Å². The molecule has 0 aliphatic heterocycles. The number of hydrogen-bond donors (Lipinski definition) is 1. The maximum atomic E-state index is 12.6. The monoisotopic (exact) mass is 405 g/mol. The van der Waals surface area contributed by atoms with Gasteiger partial charge in [0.1, 0.15) is 0 Å². The summed E-state index contributed by atoms with van der Waals surface area (Å²) in [5.74, 6) is 0.416. The van der Waals surface area contributed by atoms with Gasteiger partial charge in [0.25, 0.3) is 0 Å². The van der Waals surface area contributed by atoms with Crippen LogP contribution in [0.5, 0.6) is 0 Å². The Hall–Kier alpha value is 0.610. The van der Waals surface area contributed by atoms with Crippen LogP contribution in [0.25, 0.3) is 0 Å². The van der Waals surface area contributed by atoms with E-state index in [4.69, 9.17) is 18.1 Å². The predicted molar refractivity (Wildman–Crippen MR) is 101 cm³/mol. The molecule has 0 amide bonds. The van der Waals surface area contributed by atoms with Crippen molar-refractivity contribution in [2.75, 3.05) is 38.7 Å². The van der Waals surface area contributed by atoms with Crippen molar-refractivity contribution in [2.45, 2.75) is 53.4 Å². The standard InChI is InChI=1S/C14H33NO6P2S/c1-5-10-18-22(16,19-11-6-2)15-9-14-24-23(17,20-12-7-3)21-13-8-4/h5-14H2,1-4H3,(H,15,16). The maximum absolute atomic E-state index is 12.6. The topological polar surface area (TPSA) is 83.1 Å². The minimum atomic E-state index is -3.31. The molecular formula is C14H33NO6P2S. The summed E-state index contributed by atoms with van der Waals surface area (Å²) in [5, 5.41) is 2.81. The lowest BCUT2D eigenvalue weighted by Crippen LogP contribution is -2.18. The van der Waals surface area contributed by atoms with E-state index in [9.17, 15) is 9.13 Å². The molecule has 7 nitrogen and oxygen atoms in total. The van der Waals surface area contributed by atoms with Gasteiger partial charge in [-0.2, -0.15) is 0 Å². The SMILES string of the molecule is CCCOP(=O)(NCCSP(=O)(OCCC)OCCC)OCCC. The van der Waals surface area contributed by atoms with Gasteiger partial charge in [-0.3, -0.25) is 9.05 Å². The van der Waals surface area contributed by atoms with Gasteiger partial charge in [0.15, 0.2) is 0 Å². The molecule has 0 fully saturated rings. The molecule has 0 unspecified atom stereocenters. The van der Waals surface area contributed by atoms with Gasteiger partial charge >= 0.3 is 14.5 Å². The summed E-state index contributed by atoms with van der Waals surface area (Å²) in [5.41, 5.74) is 0. The van der Waals surface area contributed by atoms with E-state index < -0.39 is 14.5 Å². The van der Waals surface area contributed by atoms with E-state index >= 15 is 0 Å². The third kappa shape index (κ3) is 12.0. The molecule has 0 heterocycles. The van der Waals surface area contributed by atoms with Crippen LogP contribution in [0.4, 0.5) is 0 Å². The van der Waals surface area contributed by atoms with Crippen molar-refractivity contribution < 1.29 is 27.2 Å². The Labute approximate surface area is 150 Å². The van der Waals surface area contributed by atoms with E-state index in [1.54, 1.807) is 0 Å². The van der Waals surface area contributed by atoms with Crippen molar-refractivity contribution in [3.8, 4) is 0 Å². The summed E-state index contributed by atoms with van der Waals surface area (Å²) in [7, 11) is -3.31. The number of rotatable bonds is 17. The summed E-state index contributed by atoms with van der Waals surface area (Å²) in [6.07, 6.45) is 3.04. The van der Waals surface area contributed by atoms with E-state index in [1.807, 2.05) is 27.7 Å². The Morgan fingerprint density at radius 3 is 1.58 bits per heavy atom. The van der Waals surface area contributed by atoms with Crippen molar-refractivity contribution in [3.63, 3.8) is 0 Å². The normalized spacial score (nSPS) is 12.7. The molecular weight excluding hydrogens is 372 g/mol. The van der Waals surface area contributed by atoms with Crippen LogP contribution in [-0.2, 0) is 27.2 Å². The van der Waals surface area contributed by atoms with Crippen molar-refractivity contribution in [2.24, 2.45) is 0 Å². The lowest BCUT2D eigenvalue weighted by Gasteiger charge is -2.20. The third-order valence-electron chi connectivity index (χ3n) is 2.49. The van der Waals surface area contributed by atoms with E-state index in [2.05, 4.69) is 5.09 Å².